The molecule has 2 aromatic rings. The number of amides is 2. The summed E-state index contributed by atoms with van der Waals surface area (Å²) < 4.78 is 5.92. The van der Waals surface area contributed by atoms with Gasteiger partial charge in [0.25, 0.3) is 5.91 Å². The molecule has 1 aliphatic heterocycles. The molecule has 1 aliphatic rings. The number of nitrogens with zero attached hydrogens (tertiary/aromatic N) is 3. The van der Waals surface area contributed by atoms with Crippen LogP contribution >= 0.6 is 27.5 Å². The molecule has 138 valence electrons. The Labute approximate surface area is 165 Å². The second kappa shape index (κ2) is 7.80. The van der Waals surface area contributed by atoms with Crippen molar-refractivity contribution in [2.45, 2.75) is 20.3 Å². The number of hydrogen-bond acceptors (Lipinski definition) is 4. The summed E-state index contributed by atoms with van der Waals surface area (Å²) in [4.78, 5) is 28.7. The van der Waals surface area contributed by atoms with Gasteiger partial charge in [0, 0.05) is 36.2 Å². The molecule has 8 heteroatoms. The van der Waals surface area contributed by atoms with Gasteiger partial charge in [-0.1, -0.05) is 32.7 Å². The molecule has 2 heterocycles. The zero-order valence-electron chi connectivity index (χ0n) is 14.6. The maximum absolute atomic E-state index is 12.7. The third-order valence-corrected chi connectivity index (χ3v) is 5.41. The molecule has 0 radical (unpaired) electrons. The molecule has 1 aromatic heterocycles. The average Bonchev–Trinajstić information content (AvgIpc) is 2.95. The molecule has 0 spiro atoms. The number of carbonyl (C=O) groups excluding carboxylic acids is 2. The molecular weight excluding hydrogens is 422 g/mol. The number of benzene rings is 1. The van der Waals surface area contributed by atoms with Crippen LogP contribution in [0.5, 0.6) is 0 Å². The van der Waals surface area contributed by atoms with Gasteiger partial charge in [0.1, 0.15) is 5.76 Å². The van der Waals surface area contributed by atoms with E-state index in [1.54, 1.807) is 34.9 Å². The van der Waals surface area contributed by atoms with E-state index >= 15 is 0 Å². The van der Waals surface area contributed by atoms with Gasteiger partial charge < -0.3 is 14.3 Å². The van der Waals surface area contributed by atoms with Crippen molar-refractivity contribution >= 4 is 39.3 Å². The molecule has 0 unspecified atom stereocenters. The van der Waals surface area contributed by atoms with E-state index in [-0.39, 0.29) is 18.2 Å². The van der Waals surface area contributed by atoms with E-state index in [0.29, 0.717) is 42.5 Å². The minimum Gasteiger partial charge on any atom is -0.361 e. The number of aryl methyl sites for hydroxylation is 2. The minimum atomic E-state index is -0.117. The predicted octanol–water partition coefficient (Wildman–Crippen LogP) is 3.23. The maximum atomic E-state index is 12.7. The summed E-state index contributed by atoms with van der Waals surface area (Å²) in [7, 11) is 0. The Morgan fingerprint density at radius 1 is 1.19 bits per heavy atom. The third kappa shape index (κ3) is 3.94. The molecule has 0 N–H and O–H groups in total. The SMILES string of the molecule is Cc1noc(C)c1CC(=O)N1CCN(C(=O)c2cc(Br)ccc2Cl)CC1. The quantitative estimate of drug-likeness (QED) is 0.735. The third-order valence-electron chi connectivity index (χ3n) is 4.59. The van der Waals surface area contributed by atoms with Crippen molar-refractivity contribution in [3.05, 3.63) is 50.3 Å². The monoisotopic (exact) mass is 439 g/mol. The standard InChI is InChI=1S/C18H19BrClN3O3/c1-11-14(12(2)26-21-11)10-17(24)22-5-7-23(8-6-22)18(25)15-9-13(19)3-4-16(15)20/h3-4,9H,5-8,10H2,1-2H3. The first-order valence-corrected chi connectivity index (χ1v) is 9.47. The average molecular weight is 441 g/mol. The van der Waals surface area contributed by atoms with Gasteiger partial charge in [0.05, 0.1) is 22.7 Å². The lowest BCUT2D eigenvalue weighted by Gasteiger charge is -2.35. The van der Waals surface area contributed by atoms with Crippen LogP contribution in [-0.4, -0.2) is 52.9 Å². The molecule has 3 rings (SSSR count). The predicted molar refractivity (Wildman–Crippen MR) is 101 cm³/mol. The van der Waals surface area contributed by atoms with Gasteiger partial charge >= 0.3 is 0 Å². The van der Waals surface area contributed by atoms with Crippen LogP contribution in [0.2, 0.25) is 5.02 Å². The van der Waals surface area contributed by atoms with Crippen molar-refractivity contribution in [2.75, 3.05) is 26.2 Å². The number of piperazine rings is 1. The van der Waals surface area contributed by atoms with Crippen LogP contribution in [0.4, 0.5) is 0 Å². The molecule has 6 nitrogen and oxygen atoms in total. The number of aromatic nitrogens is 1. The highest BCUT2D eigenvalue weighted by Gasteiger charge is 2.27. The highest BCUT2D eigenvalue weighted by atomic mass is 79.9. The molecule has 1 saturated heterocycles. The molecule has 0 atom stereocenters. The topological polar surface area (TPSA) is 66.7 Å². The lowest BCUT2D eigenvalue weighted by Crippen LogP contribution is -2.51. The van der Waals surface area contributed by atoms with E-state index in [0.717, 1.165) is 15.7 Å². The Kier molecular flexibility index (Phi) is 5.67. The van der Waals surface area contributed by atoms with Crippen LogP contribution in [0, 0.1) is 13.8 Å². The van der Waals surface area contributed by atoms with Gasteiger partial charge in [-0.25, -0.2) is 0 Å². The number of carbonyl (C=O) groups is 2. The molecule has 1 fully saturated rings. The van der Waals surface area contributed by atoms with Crippen molar-refractivity contribution in [3.8, 4) is 0 Å². The van der Waals surface area contributed by atoms with Crippen LogP contribution < -0.4 is 0 Å². The Hall–Kier alpha value is -1.86. The van der Waals surface area contributed by atoms with Gasteiger partial charge in [0.2, 0.25) is 5.91 Å². The van der Waals surface area contributed by atoms with Crippen molar-refractivity contribution in [3.63, 3.8) is 0 Å². The van der Waals surface area contributed by atoms with Gasteiger partial charge in [-0.3, -0.25) is 9.59 Å². The first-order valence-electron chi connectivity index (χ1n) is 8.30. The second-order valence-corrected chi connectivity index (χ2v) is 7.60. The van der Waals surface area contributed by atoms with E-state index in [4.69, 9.17) is 16.1 Å². The summed E-state index contributed by atoms with van der Waals surface area (Å²) >= 11 is 9.51. The van der Waals surface area contributed by atoms with E-state index in [1.807, 2.05) is 6.92 Å². The summed E-state index contributed by atoms with van der Waals surface area (Å²) in [6, 6.07) is 5.21. The lowest BCUT2D eigenvalue weighted by molar-refractivity contribution is -0.131. The fourth-order valence-corrected chi connectivity index (χ4v) is 3.57. The van der Waals surface area contributed by atoms with Crippen LogP contribution in [0.15, 0.2) is 27.2 Å². The number of rotatable bonds is 3. The second-order valence-electron chi connectivity index (χ2n) is 6.28. The molecule has 0 saturated carbocycles. The Morgan fingerprint density at radius 3 is 2.46 bits per heavy atom. The molecule has 0 bridgehead atoms. The van der Waals surface area contributed by atoms with Crippen molar-refractivity contribution in [1.29, 1.82) is 0 Å². The van der Waals surface area contributed by atoms with Crippen molar-refractivity contribution < 1.29 is 14.1 Å². The Balaban J connectivity index is 1.61. The number of hydrogen-bond donors (Lipinski definition) is 0. The van der Waals surface area contributed by atoms with Crippen LogP contribution in [0.3, 0.4) is 0 Å². The summed E-state index contributed by atoms with van der Waals surface area (Å²) in [6.07, 6.45) is 0.270. The summed E-state index contributed by atoms with van der Waals surface area (Å²) in [5.74, 6) is 0.579. The zero-order chi connectivity index (χ0) is 18.8. The van der Waals surface area contributed by atoms with E-state index in [9.17, 15) is 9.59 Å². The molecule has 0 aliphatic carbocycles. The summed E-state index contributed by atoms with van der Waals surface area (Å²) in [5.41, 5.74) is 2.06. The Morgan fingerprint density at radius 2 is 1.85 bits per heavy atom. The maximum Gasteiger partial charge on any atom is 0.255 e. The molecular formula is C18H19BrClN3O3. The molecule has 1 aromatic carbocycles. The normalized spacial score (nSPS) is 14.6. The smallest absolute Gasteiger partial charge is 0.255 e. The highest BCUT2D eigenvalue weighted by Crippen LogP contribution is 2.23. The van der Waals surface area contributed by atoms with Gasteiger partial charge in [0.15, 0.2) is 0 Å². The van der Waals surface area contributed by atoms with Gasteiger partial charge in [-0.2, -0.15) is 0 Å². The highest BCUT2D eigenvalue weighted by molar-refractivity contribution is 9.10. The Bertz CT molecular complexity index is 825. The zero-order valence-corrected chi connectivity index (χ0v) is 16.9. The largest absolute Gasteiger partial charge is 0.361 e. The lowest BCUT2D eigenvalue weighted by atomic mass is 10.1. The van der Waals surface area contributed by atoms with Crippen molar-refractivity contribution in [1.82, 2.24) is 15.0 Å². The minimum absolute atomic E-state index is 0.0204. The van der Waals surface area contributed by atoms with E-state index in [1.165, 1.54) is 0 Å². The first kappa shape index (κ1) is 18.9. The molecule has 2 amide bonds. The summed E-state index contributed by atoms with van der Waals surface area (Å²) in [6.45, 7) is 5.60. The number of halogens is 2. The van der Waals surface area contributed by atoms with Crippen LogP contribution in [0.25, 0.3) is 0 Å². The molecule has 26 heavy (non-hydrogen) atoms. The van der Waals surface area contributed by atoms with E-state index in [2.05, 4.69) is 21.1 Å². The van der Waals surface area contributed by atoms with Gasteiger partial charge in [-0.15, -0.1) is 0 Å². The first-order chi connectivity index (χ1) is 12.4. The van der Waals surface area contributed by atoms with Crippen molar-refractivity contribution in [2.24, 2.45) is 0 Å². The summed E-state index contributed by atoms with van der Waals surface area (Å²) in [5, 5.41) is 4.31. The van der Waals surface area contributed by atoms with Crippen LogP contribution in [0.1, 0.15) is 27.4 Å². The van der Waals surface area contributed by atoms with Gasteiger partial charge in [-0.05, 0) is 32.0 Å². The fourth-order valence-electron chi connectivity index (χ4n) is 3.01. The van der Waals surface area contributed by atoms with Crippen LogP contribution in [-0.2, 0) is 11.2 Å². The fraction of sp³-hybridized carbons (Fsp3) is 0.389. The van der Waals surface area contributed by atoms with E-state index < -0.39 is 0 Å².